The molecule has 2 rings (SSSR count). The molecule has 1 aromatic heterocycles. The van der Waals surface area contributed by atoms with Crippen LogP contribution in [0.3, 0.4) is 0 Å². The molecule has 2 aromatic rings. The predicted molar refractivity (Wildman–Crippen MR) is 93.5 cm³/mol. The lowest BCUT2D eigenvalue weighted by Crippen LogP contribution is -2.26. The average molecular weight is 389 g/mol. The lowest BCUT2D eigenvalue weighted by atomic mass is 10.2. The van der Waals surface area contributed by atoms with Crippen LogP contribution in [0, 0.1) is 5.92 Å². The van der Waals surface area contributed by atoms with E-state index in [1.54, 1.807) is 38.1 Å². The molecule has 0 fully saturated rings. The van der Waals surface area contributed by atoms with E-state index in [9.17, 15) is 13.2 Å². The maximum Gasteiger partial charge on any atom is 0.272 e. The number of carbonyl (C=O) groups excluding carboxylic acids is 1. The second-order valence-electron chi connectivity index (χ2n) is 5.40. The summed E-state index contributed by atoms with van der Waals surface area (Å²) in [7, 11) is -2.33. The summed E-state index contributed by atoms with van der Waals surface area (Å²) < 4.78 is 26.1. The van der Waals surface area contributed by atoms with Crippen molar-refractivity contribution in [3.05, 3.63) is 34.9 Å². The fraction of sp³-hybridized carbons (Fsp3) is 0.357. The molecule has 1 heterocycles. The number of sulfonamides is 1. The van der Waals surface area contributed by atoms with Gasteiger partial charge in [-0.2, -0.15) is 4.31 Å². The third kappa shape index (κ3) is 4.50. The molecule has 0 radical (unpaired) electrons. The summed E-state index contributed by atoms with van der Waals surface area (Å²) in [5.74, 6) is -0.480. The second kappa shape index (κ2) is 7.56. The van der Waals surface area contributed by atoms with E-state index >= 15 is 0 Å². The van der Waals surface area contributed by atoms with Crippen molar-refractivity contribution in [2.24, 2.45) is 5.92 Å². The number of amides is 1. The maximum absolute atomic E-state index is 12.5. The van der Waals surface area contributed by atoms with Crippen molar-refractivity contribution in [3.63, 3.8) is 0 Å². The Labute approximate surface area is 149 Å². The molecule has 0 bridgehead atoms. The number of nitrogens with zero attached hydrogens (tertiary/aromatic N) is 3. The van der Waals surface area contributed by atoms with Crippen LogP contribution in [0.5, 0.6) is 0 Å². The quantitative estimate of drug-likeness (QED) is 0.768. The van der Waals surface area contributed by atoms with Gasteiger partial charge in [0.05, 0.1) is 0 Å². The fourth-order valence-electron chi connectivity index (χ4n) is 1.68. The van der Waals surface area contributed by atoms with Crippen molar-refractivity contribution >= 4 is 44.0 Å². The average Bonchev–Trinajstić information content (AvgIpc) is 2.98. The first kappa shape index (κ1) is 18.8. The highest BCUT2D eigenvalue weighted by molar-refractivity contribution is 7.91. The molecular formula is C14H17ClN4O3S2. The first-order valence-corrected chi connectivity index (χ1v) is 9.68. The molecule has 10 heteroatoms. The maximum atomic E-state index is 12.5. The highest BCUT2D eigenvalue weighted by Gasteiger charge is 2.26. The number of halogens is 1. The van der Waals surface area contributed by atoms with Gasteiger partial charge in [0, 0.05) is 24.5 Å². The normalized spacial score (nSPS) is 11.9. The number of aromatic nitrogens is 2. The Morgan fingerprint density at radius 1 is 1.29 bits per heavy atom. The topological polar surface area (TPSA) is 92.3 Å². The molecule has 1 amide bonds. The van der Waals surface area contributed by atoms with Crippen molar-refractivity contribution in [1.29, 1.82) is 0 Å². The van der Waals surface area contributed by atoms with Crippen molar-refractivity contribution in [2.45, 2.75) is 24.7 Å². The van der Waals surface area contributed by atoms with Crippen LogP contribution in [0.1, 0.15) is 19.4 Å². The smallest absolute Gasteiger partial charge is 0.272 e. The van der Waals surface area contributed by atoms with E-state index in [0.717, 1.165) is 16.9 Å². The van der Waals surface area contributed by atoms with Crippen LogP contribution in [0.2, 0.25) is 5.02 Å². The second-order valence-corrected chi connectivity index (χ2v) is 9.04. The van der Waals surface area contributed by atoms with Crippen molar-refractivity contribution in [3.8, 4) is 0 Å². The zero-order chi connectivity index (χ0) is 17.9. The molecule has 24 heavy (non-hydrogen) atoms. The minimum absolute atomic E-state index is 0.159. The molecule has 0 spiro atoms. The SMILES string of the molecule is CC(C)C(=O)Nc1nnc(S(=O)(=O)N(C)Cc2ccc(Cl)cc2)s1. The molecule has 130 valence electrons. The monoisotopic (exact) mass is 388 g/mol. The van der Waals surface area contributed by atoms with Gasteiger partial charge in [0.25, 0.3) is 10.0 Å². The Bertz CT molecular complexity index is 819. The molecule has 0 saturated carbocycles. The first-order chi connectivity index (χ1) is 11.2. The number of hydrogen-bond acceptors (Lipinski definition) is 6. The van der Waals surface area contributed by atoms with Crippen LogP contribution in [0.4, 0.5) is 5.13 Å². The van der Waals surface area contributed by atoms with Crippen molar-refractivity contribution in [2.75, 3.05) is 12.4 Å². The largest absolute Gasteiger partial charge is 0.300 e. The molecule has 7 nitrogen and oxygen atoms in total. The van der Waals surface area contributed by atoms with E-state index in [0.29, 0.717) is 5.02 Å². The van der Waals surface area contributed by atoms with Gasteiger partial charge in [0.2, 0.25) is 15.4 Å². The Hall–Kier alpha value is -1.55. The van der Waals surface area contributed by atoms with Crippen LogP contribution < -0.4 is 5.32 Å². The summed E-state index contributed by atoms with van der Waals surface area (Å²) in [5, 5.41) is 10.7. The van der Waals surface area contributed by atoms with Gasteiger partial charge in [0.1, 0.15) is 0 Å². The van der Waals surface area contributed by atoms with Crippen molar-refractivity contribution < 1.29 is 13.2 Å². The summed E-state index contributed by atoms with van der Waals surface area (Å²) in [6.07, 6.45) is 0. The van der Waals surface area contributed by atoms with Gasteiger partial charge in [-0.3, -0.25) is 4.79 Å². The van der Waals surface area contributed by atoms with Gasteiger partial charge in [-0.05, 0) is 17.7 Å². The van der Waals surface area contributed by atoms with E-state index in [1.165, 1.54) is 11.4 Å². The molecule has 0 saturated heterocycles. The molecule has 0 aliphatic heterocycles. The summed E-state index contributed by atoms with van der Waals surface area (Å²) >= 11 is 6.64. The van der Waals surface area contributed by atoms with Crippen molar-refractivity contribution in [1.82, 2.24) is 14.5 Å². The van der Waals surface area contributed by atoms with Gasteiger partial charge in [-0.25, -0.2) is 8.42 Å². The molecule has 1 N–H and O–H groups in total. The van der Waals surface area contributed by atoms with E-state index in [2.05, 4.69) is 15.5 Å². The fourth-order valence-corrected chi connectivity index (χ4v) is 4.06. The number of hydrogen-bond donors (Lipinski definition) is 1. The highest BCUT2D eigenvalue weighted by atomic mass is 35.5. The zero-order valence-electron chi connectivity index (χ0n) is 13.4. The van der Waals surface area contributed by atoms with E-state index < -0.39 is 10.0 Å². The van der Waals surface area contributed by atoms with E-state index in [-0.39, 0.29) is 27.8 Å². The third-order valence-electron chi connectivity index (χ3n) is 3.11. The van der Waals surface area contributed by atoms with Crippen LogP contribution in [0.25, 0.3) is 0 Å². The van der Waals surface area contributed by atoms with Gasteiger partial charge < -0.3 is 5.32 Å². The van der Waals surface area contributed by atoms with E-state index in [4.69, 9.17) is 11.6 Å². The number of anilines is 1. The summed E-state index contributed by atoms with van der Waals surface area (Å²) in [6.45, 7) is 3.63. The van der Waals surface area contributed by atoms with Crippen LogP contribution in [-0.4, -0.2) is 35.9 Å². The Morgan fingerprint density at radius 2 is 1.92 bits per heavy atom. The van der Waals surface area contributed by atoms with Crippen LogP contribution >= 0.6 is 22.9 Å². The highest BCUT2D eigenvalue weighted by Crippen LogP contribution is 2.24. The van der Waals surface area contributed by atoms with E-state index in [1.807, 2.05) is 0 Å². The lowest BCUT2D eigenvalue weighted by Gasteiger charge is -2.15. The van der Waals surface area contributed by atoms with Crippen LogP contribution in [-0.2, 0) is 21.4 Å². The summed E-state index contributed by atoms with van der Waals surface area (Å²) in [4.78, 5) is 11.6. The number of carbonyl (C=O) groups is 1. The molecule has 0 atom stereocenters. The Balaban J connectivity index is 2.13. The Kier molecular flexibility index (Phi) is 5.92. The molecular weight excluding hydrogens is 372 g/mol. The van der Waals surface area contributed by atoms with Gasteiger partial charge in [-0.15, -0.1) is 10.2 Å². The molecule has 1 aromatic carbocycles. The molecule has 0 aliphatic carbocycles. The standard InChI is InChI=1S/C14H17ClN4O3S2/c1-9(2)12(20)16-13-17-18-14(23-13)24(21,22)19(3)8-10-4-6-11(15)7-5-10/h4-7,9H,8H2,1-3H3,(H,16,17,20). The predicted octanol–water partition coefficient (Wildman–Crippen LogP) is 2.61. The third-order valence-corrected chi connectivity index (χ3v) is 6.35. The summed E-state index contributed by atoms with van der Waals surface area (Å²) in [5.41, 5.74) is 0.795. The molecule has 0 aliphatic rings. The number of nitrogens with one attached hydrogen (secondary N) is 1. The minimum atomic E-state index is -3.79. The number of benzene rings is 1. The lowest BCUT2D eigenvalue weighted by molar-refractivity contribution is -0.118. The van der Waals surface area contributed by atoms with Crippen LogP contribution in [0.15, 0.2) is 28.6 Å². The zero-order valence-corrected chi connectivity index (χ0v) is 15.7. The summed E-state index contributed by atoms with van der Waals surface area (Å²) in [6, 6.07) is 6.90. The first-order valence-electron chi connectivity index (χ1n) is 7.05. The Morgan fingerprint density at radius 3 is 2.50 bits per heavy atom. The van der Waals surface area contributed by atoms with Gasteiger partial charge in [0.15, 0.2) is 0 Å². The molecule has 0 unspecified atom stereocenters. The van der Waals surface area contributed by atoms with Gasteiger partial charge in [-0.1, -0.05) is 48.9 Å². The van der Waals surface area contributed by atoms with Gasteiger partial charge >= 0.3 is 0 Å². The number of rotatable bonds is 6. The minimum Gasteiger partial charge on any atom is -0.300 e.